The zero-order valence-corrected chi connectivity index (χ0v) is 13.3. The number of nitrogens with zero attached hydrogens (tertiary/aromatic N) is 2. The number of hydrogen-bond acceptors (Lipinski definition) is 2. The lowest BCUT2D eigenvalue weighted by Crippen LogP contribution is -1.99. The Morgan fingerprint density at radius 2 is 1.95 bits per heavy atom. The Labute approximate surface area is 126 Å². The fourth-order valence-corrected chi connectivity index (χ4v) is 2.95. The first-order valence-electron chi connectivity index (χ1n) is 6.45. The number of hydrogen-bond donors (Lipinski definition) is 1. The van der Waals surface area contributed by atoms with Gasteiger partial charge in [0.15, 0.2) is 5.69 Å². The van der Waals surface area contributed by atoms with Crippen molar-refractivity contribution in [1.29, 1.82) is 0 Å². The molecule has 2 aromatic rings. The van der Waals surface area contributed by atoms with Crippen molar-refractivity contribution in [2.24, 2.45) is 13.0 Å². The SMILES string of the molecule is CC(C)Cc1ccc(-c2c(Br)c(C(=O)O)nn2C)cc1. The summed E-state index contributed by atoms with van der Waals surface area (Å²) in [6.45, 7) is 4.37. The molecule has 2 rings (SSSR count). The summed E-state index contributed by atoms with van der Waals surface area (Å²) in [6.07, 6.45) is 1.03. The zero-order chi connectivity index (χ0) is 14.9. The first-order chi connectivity index (χ1) is 9.40. The van der Waals surface area contributed by atoms with E-state index >= 15 is 0 Å². The number of aromatic carboxylic acids is 1. The molecule has 20 heavy (non-hydrogen) atoms. The van der Waals surface area contributed by atoms with Gasteiger partial charge in [-0.15, -0.1) is 0 Å². The van der Waals surface area contributed by atoms with E-state index < -0.39 is 5.97 Å². The molecule has 1 N–H and O–H groups in total. The van der Waals surface area contributed by atoms with E-state index in [1.54, 1.807) is 11.7 Å². The largest absolute Gasteiger partial charge is 0.476 e. The van der Waals surface area contributed by atoms with Crippen LogP contribution in [-0.2, 0) is 13.5 Å². The van der Waals surface area contributed by atoms with Crippen molar-refractivity contribution in [2.45, 2.75) is 20.3 Å². The van der Waals surface area contributed by atoms with Crippen LogP contribution in [0.15, 0.2) is 28.7 Å². The molecular formula is C15H17BrN2O2. The van der Waals surface area contributed by atoms with Crippen LogP contribution in [-0.4, -0.2) is 20.9 Å². The molecule has 0 aliphatic rings. The van der Waals surface area contributed by atoms with Gasteiger partial charge < -0.3 is 5.11 Å². The van der Waals surface area contributed by atoms with Crippen LogP contribution >= 0.6 is 15.9 Å². The molecule has 0 spiro atoms. The van der Waals surface area contributed by atoms with Crippen LogP contribution < -0.4 is 0 Å². The molecule has 1 heterocycles. The molecule has 0 fully saturated rings. The zero-order valence-electron chi connectivity index (χ0n) is 11.7. The van der Waals surface area contributed by atoms with E-state index in [1.807, 2.05) is 12.1 Å². The Balaban J connectivity index is 2.39. The van der Waals surface area contributed by atoms with E-state index in [0.29, 0.717) is 10.4 Å². The van der Waals surface area contributed by atoms with Crippen molar-refractivity contribution in [3.05, 3.63) is 40.0 Å². The van der Waals surface area contributed by atoms with E-state index in [1.165, 1.54) is 5.56 Å². The molecule has 0 saturated heterocycles. The minimum atomic E-state index is -1.03. The van der Waals surface area contributed by atoms with Gasteiger partial charge in [-0.25, -0.2) is 4.79 Å². The minimum absolute atomic E-state index is 0.0359. The molecule has 0 atom stereocenters. The monoisotopic (exact) mass is 336 g/mol. The minimum Gasteiger partial charge on any atom is -0.476 e. The second kappa shape index (κ2) is 5.79. The number of carbonyl (C=O) groups is 1. The van der Waals surface area contributed by atoms with Crippen LogP contribution in [0.4, 0.5) is 0 Å². The van der Waals surface area contributed by atoms with Crippen LogP contribution in [0.2, 0.25) is 0 Å². The Bertz CT molecular complexity index is 630. The molecule has 0 aliphatic carbocycles. The Hall–Kier alpha value is -1.62. The highest BCUT2D eigenvalue weighted by Crippen LogP contribution is 2.31. The summed E-state index contributed by atoms with van der Waals surface area (Å²) in [6, 6.07) is 8.17. The van der Waals surface area contributed by atoms with Crippen LogP contribution in [0, 0.1) is 5.92 Å². The third kappa shape index (κ3) is 2.93. The second-order valence-corrected chi connectivity index (χ2v) is 6.03. The highest BCUT2D eigenvalue weighted by molar-refractivity contribution is 9.10. The number of aromatic nitrogens is 2. The van der Waals surface area contributed by atoms with Gasteiger partial charge in [-0.2, -0.15) is 5.10 Å². The molecule has 0 aliphatic heterocycles. The lowest BCUT2D eigenvalue weighted by Gasteiger charge is -2.07. The Morgan fingerprint density at radius 1 is 1.35 bits per heavy atom. The molecule has 0 saturated carbocycles. The summed E-state index contributed by atoms with van der Waals surface area (Å²) in [7, 11) is 1.74. The predicted octanol–water partition coefficient (Wildman–Crippen LogP) is 3.75. The van der Waals surface area contributed by atoms with E-state index in [2.05, 4.69) is 47.0 Å². The smallest absolute Gasteiger partial charge is 0.357 e. The van der Waals surface area contributed by atoms with E-state index in [0.717, 1.165) is 17.7 Å². The van der Waals surface area contributed by atoms with Gasteiger partial charge in [0.05, 0.1) is 10.2 Å². The maximum absolute atomic E-state index is 11.1. The number of halogens is 1. The van der Waals surface area contributed by atoms with Crippen LogP contribution in [0.1, 0.15) is 29.9 Å². The molecule has 106 valence electrons. The summed E-state index contributed by atoms with van der Waals surface area (Å²) in [5.41, 5.74) is 3.04. The summed E-state index contributed by atoms with van der Waals surface area (Å²) in [5.74, 6) is -0.418. The lowest BCUT2D eigenvalue weighted by atomic mass is 10.0. The van der Waals surface area contributed by atoms with Crippen LogP contribution in [0.3, 0.4) is 0 Å². The average Bonchev–Trinajstić information content (AvgIpc) is 2.66. The molecule has 1 aromatic heterocycles. The number of benzene rings is 1. The quantitative estimate of drug-likeness (QED) is 0.925. The molecule has 0 bridgehead atoms. The fraction of sp³-hybridized carbons (Fsp3) is 0.333. The highest BCUT2D eigenvalue weighted by Gasteiger charge is 2.20. The predicted molar refractivity (Wildman–Crippen MR) is 81.8 cm³/mol. The fourth-order valence-electron chi connectivity index (χ4n) is 2.22. The van der Waals surface area contributed by atoms with Crippen molar-refractivity contribution in [1.82, 2.24) is 9.78 Å². The van der Waals surface area contributed by atoms with Gasteiger partial charge in [-0.05, 0) is 33.8 Å². The van der Waals surface area contributed by atoms with E-state index in [9.17, 15) is 4.79 Å². The van der Waals surface area contributed by atoms with Gasteiger partial charge in [-0.1, -0.05) is 38.1 Å². The summed E-state index contributed by atoms with van der Waals surface area (Å²) in [5, 5.41) is 13.1. The van der Waals surface area contributed by atoms with Crippen LogP contribution in [0.25, 0.3) is 11.3 Å². The van der Waals surface area contributed by atoms with Gasteiger partial charge in [0.2, 0.25) is 0 Å². The van der Waals surface area contributed by atoms with Crippen molar-refractivity contribution >= 4 is 21.9 Å². The first kappa shape index (κ1) is 14.8. The average molecular weight is 337 g/mol. The summed E-state index contributed by atoms with van der Waals surface area (Å²) in [4.78, 5) is 11.1. The van der Waals surface area contributed by atoms with Gasteiger partial charge in [0.1, 0.15) is 0 Å². The molecule has 4 nitrogen and oxygen atoms in total. The summed E-state index contributed by atoms with van der Waals surface area (Å²) >= 11 is 3.33. The molecule has 5 heteroatoms. The topological polar surface area (TPSA) is 55.1 Å². The Kier molecular flexibility index (Phi) is 4.28. The van der Waals surface area contributed by atoms with E-state index in [4.69, 9.17) is 5.11 Å². The Morgan fingerprint density at radius 3 is 2.40 bits per heavy atom. The third-order valence-corrected chi connectivity index (χ3v) is 3.81. The normalized spacial score (nSPS) is 11.1. The molecule has 0 unspecified atom stereocenters. The second-order valence-electron chi connectivity index (χ2n) is 5.23. The molecule has 1 aromatic carbocycles. The molecule has 0 radical (unpaired) electrons. The standard InChI is InChI=1S/C15H17BrN2O2/c1-9(2)8-10-4-6-11(7-5-10)14-12(16)13(15(19)20)17-18(14)3/h4-7,9H,8H2,1-3H3,(H,19,20). The number of carboxylic acids is 1. The van der Waals surface area contributed by atoms with Crippen LogP contribution in [0.5, 0.6) is 0 Å². The molecule has 0 amide bonds. The number of rotatable bonds is 4. The van der Waals surface area contributed by atoms with E-state index in [-0.39, 0.29) is 5.69 Å². The lowest BCUT2D eigenvalue weighted by molar-refractivity contribution is 0.0688. The van der Waals surface area contributed by atoms with Gasteiger partial charge >= 0.3 is 5.97 Å². The molecular weight excluding hydrogens is 320 g/mol. The van der Waals surface area contributed by atoms with Crippen molar-refractivity contribution in [3.63, 3.8) is 0 Å². The first-order valence-corrected chi connectivity index (χ1v) is 7.24. The summed E-state index contributed by atoms with van der Waals surface area (Å²) < 4.78 is 2.11. The number of aryl methyl sites for hydroxylation is 1. The highest BCUT2D eigenvalue weighted by atomic mass is 79.9. The maximum Gasteiger partial charge on any atom is 0.357 e. The van der Waals surface area contributed by atoms with Crippen molar-refractivity contribution in [2.75, 3.05) is 0 Å². The van der Waals surface area contributed by atoms with Gasteiger partial charge in [0, 0.05) is 12.6 Å². The third-order valence-electron chi connectivity index (χ3n) is 3.06. The maximum atomic E-state index is 11.1. The van der Waals surface area contributed by atoms with Gasteiger partial charge in [-0.3, -0.25) is 4.68 Å². The number of carboxylic acid groups (broad SMARTS) is 1. The van der Waals surface area contributed by atoms with Gasteiger partial charge in [0.25, 0.3) is 0 Å². The van der Waals surface area contributed by atoms with Crippen molar-refractivity contribution < 1.29 is 9.90 Å². The van der Waals surface area contributed by atoms with Crippen molar-refractivity contribution in [3.8, 4) is 11.3 Å².